The summed E-state index contributed by atoms with van der Waals surface area (Å²) in [7, 11) is 0. The van der Waals surface area contributed by atoms with E-state index < -0.39 is 0 Å². The molecule has 1 amide bonds. The van der Waals surface area contributed by atoms with Crippen LogP contribution in [-0.2, 0) is 4.79 Å². The number of anilines is 1. The summed E-state index contributed by atoms with van der Waals surface area (Å²) in [4.78, 5) is 25.4. The van der Waals surface area contributed by atoms with Crippen molar-refractivity contribution in [3.05, 3.63) is 58.0 Å². The van der Waals surface area contributed by atoms with E-state index in [0.29, 0.717) is 10.7 Å². The van der Waals surface area contributed by atoms with Crippen LogP contribution in [0.15, 0.2) is 47.4 Å². The van der Waals surface area contributed by atoms with Crippen LogP contribution in [0, 0.1) is 0 Å². The Balaban J connectivity index is 1.90. The molecule has 0 atom stereocenters. The molecule has 1 heterocycles. The molecule has 19 heavy (non-hydrogen) atoms. The smallest absolute Gasteiger partial charge is 0.290 e. The third kappa shape index (κ3) is 3.86. The van der Waals surface area contributed by atoms with Crippen molar-refractivity contribution in [1.29, 1.82) is 0 Å². The zero-order chi connectivity index (χ0) is 13.7. The summed E-state index contributed by atoms with van der Waals surface area (Å²) >= 11 is 5.73. The van der Waals surface area contributed by atoms with Crippen LogP contribution < -0.4 is 15.6 Å². The number of aromatic nitrogens is 1. The fourth-order valence-corrected chi connectivity index (χ4v) is 1.52. The number of pyridine rings is 1. The van der Waals surface area contributed by atoms with Gasteiger partial charge in [-0.1, -0.05) is 11.6 Å². The fraction of sp³-hybridized carbons (Fsp3) is 0.0769. The van der Waals surface area contributed by atoms with Crippen molar-refractivity contribution in [1.82, 2.24) is 4.98 Å². The van der Waals surface area contributed by atoms with E-state index in [1.54, 1.807) is 30.3 Å². The van der Waals surface area contributed by atoms with Gasteiger partial charge in [-0.15, -0.1) is 0 Å². The van der Waals surface area contributed by atoms with Gasteiger partial charge in [-0.2, -0.15) is 0 Å². The Morgan fingerprint density at radius 2 is 2.00 bits per heavy atom. The predicted octanol–water partition coefficient (Wildman–Crippen LogP) is 2.05. The molecule has 5 nitrogen and oxygen atoms in total. The van der Waals surface area contributed by atoms with Gasteiger partial charge in [0.05, 0.1) is 0 Å². The molecule has 2 N–H and O–H groups in total. The van der Waals surface area contributed by atoms with Crippen molar-refractivity contribution in [3.63, 3.8) is 0 Å². The highest BCUT2D eigenvalue weighted by atomic mass is 35.5. The third-order valence-electron chi connectivity index (χ3n) is 2.27. The van der Waals surface area contributed by atoms with Crippen LogP contribution in [0.1, 0.15) is 0 Å². The number of benzene rings is 1. The van der Waals surface area contributed by atoms with Crippen molar-refractivity contribution in [3.8, 4) is 5.75 Å². The van der Waals surface area contributed by atoms with Gasteiger partial charge in [0.15, 0.2) is 12.4 Å². The van der Waals surface area contributed by atoms with E-state index in [9.17, 15) is 9.59 Å². The number of halogens is 1. The lowest BCUT2D eigenvalue weighted by molar-refractivity contribution is -0.118. The number of ether oxygens (including phenoxy) is 1. The molecule has 2 aromatic rings. The molecule has 0 bridgehead atoms. The number of nitrogens with one attached hydrogen (secondary N) is 2. The molecule has 0 saturated carbocycles. The van der Waals surface area contributed by atoms with Gasteiger partial charge in [0.1, 0.15) is 0 Å². The lowest BCUT2D eigenvalue weighted by Gasteiger charge is -2.06. The van der Waals surface area contributed by atoms with Gasteiger partial charge >= 0.3 is 0 Å². The molecule has 0 fully saturated rings. The molecular weight excluding hydrogens is 268 g/mol. The van der Waals surface area contributed by atoms with Crippen LogP contribution in [-0.4, -0.2) is 17.5 Å². The number of carbonyl (C=O) groups excluding carboxylic acids is 1. The summed E-state index contributed by atoms with van der Waals surface area (Å²) in [5.74, 6) is -0.251. The number of H-pyrrole nitrogens is 1. The molecule has 0 unspecified atom stereocenters. The van der Waals surface area contributed by atoms with Gasteiger partial charge in [0.25, 0.3) is 11.5 Å². The largest absolute Gasteiger partial charge is 0.478 e. The minimum atomic E-state index is -0.373. The Morgan fingerprint density at radius 3 is 2.68 bits per heavy atom. The van der Waals surface area contributed by atoms with E-state index in [0.717, 1.165) is 0 Å². The zero-order valence-corrected chi connectivity index (χ0v) is 10.6. The Labute approximate surface area is 114 Å². The maximum Gasteiger partial charge on any atom is 0.290 e. The predicted molar refractivity (Wildman–Crippen MR) is 72.6 cm³/mol. The Morgan fingerprint density at radius 1 is 1.26 bits per heavy atom. The second-order valence-corrected chi connectivity index (χ2v) is 4.14. The molecule has 6 heteroatoms. The summed E-state index contributed by atoms with van der Waals surface area (Å²) < 4.78 is 5.11. The van der Waals surface area contributed by atoms with Crippen molar-refractivity contribution in [2.75, 3.05) is 11.9 Å². The Hall–Kier alpha value is -2.27. The molecule has 0 spiro atoms. The van der Waals surface area contributed by atoms with Crippen molar-refractivity contribution < 1.29 is 9.53 Å². The molecule has 0 aliphatic heterocycles. The molecule has 1 aromatic carbocycles. The number of amides is 1. The first kappa shape index (κ1) is 13.2. The molecule has 0 saturated heterocycles. The minimum Gasteiger partial charge on any atom is -0.478 e. The van der Waals surface area contributed by atoms with Gasteiger partial charge in [0, 0.05) is 16.9 Å². The number of hydrogen-bond donors (Lipinski definition) is 2. The lowest BCUT2D eigenvalue weighted by Crippen LogP contribution is -2.22. The van der Waals surface area contributed by atoms with Crippen LogP contribution in [0.5, 0.6) is 5.75 Å². The van der Waals surface area contributed by atoms with Gasteiger partial charge in [-0.3, -0.25) is 9.59 Å². The van der Waals surface area contributed by atoms with Crippen LogP contribution >= 0.6 is 11.6 Å². The molecule has 98 valence electrons. The number of carbonyl (C=O) groups is 1. The SMILES string of the molecule is O=C(COc1ccc[nH]c1=O)Nc1ccc(Cl)cc1. The normalized spacial score (nSPS) is 9.95. The zero-order valence-electron chi connectivity index (χ0n) is 9.85. The third-order valence-corrected chi connectivity index (χ3v) is 2.52. The molecule has 1 aromatic heterocycles. The van der Waals surface area contributed by atoms with Crippen LogP contribution in [0.3, 0.4) is 0 Å². The number of rotatable bonds is 4. The van der Waals surface area contributed by atoms with Crippen molar-refractivity contribution in [2.45, 2.75) is 0 Å². The van der Waals surface area contributed by atoms with E-state index in [1.807, 2.05) is 0 Å². The maximum atomic E-state index is 11.6. The topological polar surface area (TPSA) is 71.2 Å². The van der Waals surface area contributed by atoms with Crippen LogP contribution in [0.25, 0.3) is 0 Å². The first-order chi connectivity index (χ1) is 9.15. The van der Waals surface area contributed by atoms with Crippen molar-refractivity contribution in [2.24, 2.45) is 0 Å². The van der Waals surface area contributed by atoms with Gasteiger partial charge in [-0.05, 0) is 36.4 Å². The molecule has 2 rings (SSSR count). The van der Waals surface area contributed by atoms with E-state index in [2.05, 4.69) is 10.3 Å². The monoisotopic (exact) mass is 278 g/mol. The van der Waals surface area contributed by atoms with Crippen LogP contribution in [0.4, 0.5) is 5.69 Å². The van der Waals surface area contributed by atoms with Gasteiger partial charge in [-0.25, -0.2) is 0 Å². The average molecular weight is 279 g/mol. The summed E-state index contributed by atoms with van der Waals surface area (Å²) in [6, 6.07) is 9.80. The minimum absolute atomic E-state index is 0.105. The highest BCUT2D eigenvalue weighted by molar-refractivity contribution is 6.30. The van der Waals surface area contributed by atoms with Gasteiger partial charge in [0.2, 0.25) is 0 Å². The standard InChI is InChI=1S/C13H11ClN2O3/c14-9-3-5-10(6-4-9)16-12(17)8-19-11-2-1-7-15-13(11)18/h1-7H,8H2,(H,15,18)(H,16,17). The van der Waals surface area contributed by atoms with E-state index in [4.69, 9.17) is 16.3 Å². The summed E-state index contributed by atoms with van der Waals surface area (Å²) in [6.45, 7) is -0.240. The highest BCUT2D eigenvalue weighted by Crippen LogP contribution is 2.13. The first-order valence-corrected chi connectivity index (χ1v) is 5.89. The molecule has 0 aliphatic rings. The van der Waals surface area contributed by atoms with E-state index in [1.165, 1.54) is 12.3 Å². The van der Waals surface area contributed by atoms with Crippen LogP contribution in [0.2, 0.25) is 5.02 Å². The molecule has 0 radical (unpaired) electrons. The lowest BCUT2D eigenvalue weighted by atomic mass is 10.3. The highest BCUT2D eigenvalue weighted by Gasteiger charge is 2.05. The second kappa shape index (κ2) is 6.06. The number of aromatic amines is 1. The maximum absolute atomic E-state index is 11.6. The summed E-state index contributed by atoms with van der Waals surface area (Å²) in [5, 5.41) is 3.21. The first-order valence-electron chi connectivity index (χ1n) is 5.51. The summed E-state index contributed by atoms with van der Waals surface area (Å²) in [6.07, 6.45) is 1.49. The summed E-state index contributed by atoms with van der Waals surface area (Å²) in [5.41, 5.74) is 0.238. The quantitative estimate of drug-likeness (QED) is 0.899. The van der Waals surface area contributed by atoms with E-state index >= 15 is 0 Å². The molecular formula is C13H11ClN2O3. The second-order valence-electron chi connectivity index (χ2n) is 3.71. The van der Waals surface area contributed by atoms with Gasteiger partial charge < -0.3 is 15.0 Å². The van der Waals surface area contributed by atoms with Crippen molar-refractivity contribution >= 4 is 23.2 Å². The Bertz CT molecular complexity index is 622. The fourth-order valence-electron chi connectivity index (χ4n) is 1.39. The molecule has 0 aliphatic carbocycles. The Kier molecular flexibility index (Phi) is 4.20. The average Bonchev–Trinajstić information content (AvgIpc) is 2.40. The van der Waals surface area contributed by atoms with E-state index in [-0.39, 0.29) is 23.8 Å². The number of hydrogen-bond acceptors (Lipinski definition) is 3.